The molecule has 0 N–H and O–H groups in total. The predicted octanol–water partition coefficient (Wildman–Crippen LogP) is 2.89. The van der Waals surface area contributed by atoms with Gasteiger partial charge in [-0.3, -0.25) is 14.4 Å². The molecule has 0 unspecified atom stereocenters. The highest BCUT2D eigenvalue weighted by atomic mass is 16.5. The molecule has 1 fully saturated rings. The van der Waals surface area contributed by atoms with Crippen molar-refractivity contribution < 1.29 is 19.1 Å². The molecule has 1 aromatic heterocycles. The Morgan fingerprint density at radius 1 is 1.06 bits per heavy atom. The van der Waals surface area contributed by atoms with Crippen LogP contribution in [-0.2, 0) is 20.9 Å². The van der Waals surface area contributed by atoms with E-state index < -0.39 is 0 Å². The number of carbonyl (C=O) groups excluding carboxylic acids is 2. The molecule has 2 heterocycles. The number of nitrogens with zero attached hydrogens (tertiary/aromatic N) is 3. The third kappa shape index (κ3) is 6.42. The Morgan fingerprint density at radius 2 is 1.78 bits per heavy atom. The van der Waals surface area contributed by atoms with E-state index in [0.29, 0.717) is 39.1 Å². The number of carbonyl (C=O) groups is 2. The number of amides is 1. The molecule has 1 aliphatic heterocycles. The van der Waals surface area contributed by atoms with Gasteiger partial charge in [0.25, 0.3) is 5.56 Å². The fourth-order valence-electron chi connectivity index (χ4n) is 3.88. The number of aromatic nitrogens is 2. The Hall–Kier alpha value is -3.16. The second kappa shape index (κ2) is 11.5. The second-order valence-electron chi connectivity index (χ2n) is 7.95. The van der Waals surface area contributed by atoms with Crippen LogP contribution in [0.1, 0.15) is 39.0 Å². The Morgan fingerprint density at radius 3 is 2.44 bits per heavy atom. The number of ether oxygens (including phenoxy) is 2. The molecule has 172 valence electrons. The van der Waals surface area contributed by atoms with Gasteiger partial charge in [0.15, 0.2) is 0 Å². The molecule has 0 radical (unpaired) electrons. The first kappa shape index (κ1) is 23.5. The minimum absolute atomic E-state index is 0.0737. The van der Waals surface area contributed by atoms with Crippen LogP contribution in [0.25, 0.3) is 11.3 Å². The number of hydrogen-bond acceptors (Lipinski definition) is 6. The number of rotatable bonds is 9. The van der Waals surface area contributed by atoms with E-state index in [4.69, 9.17) is 9.47 Å². The quantitative estimate of drug-likeness (QED) is 0.556. The number of methoxy groups -OCH3 is 1. The first-order valence-corrected chi connectivity index (χ1v) is 11.2. The zero-order valence-corrected chi connectivity index (χ0v) is 18.8. The minimum Gasteiger partial charge on any atom is -0.497 e. The SMILES string of the molecule is CCOC(=O)CCCC(=O)N1CCC(Cn2nc(-c3ccc(OC)cc3)ccc2=O)CC1. The molecule has 3 rings (SSSR count). The Balaban J connectivity index is 1.51. The minimum atomic E-state index is -0.256. The summed E-state index contributed by atoms with van der Waals surface area (Å²) in [7, 11) is 1.62. The average Bonchev–Trinajstić information content (AvgIpc) is 2.81. The standard InChI is InChI=1S/C24H31N3O5/c1-3-32-24(30)6-4-5-22(28)26-15-13-18(14-16-26)17-27-23(29)12-11-21(25-27)19-7-9-20(31-2)10-8-19/h7-12,18H,3-6,13-17H2,1-2H3. The molecule has 1 aliphatic rings. The fourth-order valence-corrected chi connectivity index (χ4v) is 3.88. The van der Waals surface area contributed by atoms with Crippen molar-refractivity contribution in [1.82, 2.24) is 14.7 Å². The molecule has 0 bridgehead atoms. The summed E-state index contributed by atoms with van der Waals surface area (Å²) in [5.74, 6) is 0.873. The van der Waals surface area contributed by atoms with Crippen molar-refractivity contribution in [3.63, 3.8) is 0 Å². The van der Waals surface area contributed by atoms with Gasteiger partial charge in [0.1, 0.15) is 5.75 Å². The fraction of sp³-hybridized carbons (Fsp3) is 0.500. The first-order valence-electron chi connectivity index (χ1n) is 11.2. The van der Waals surface area contributed by atoms with Crippen LogP contribution >= 0.6 is 0 Å². The maximum absolute atomic E-state index is 12.4. The van der Waals surface area contributed by atoms with Crippen LogP contribution in [0.4, 0.5) is 0 Å². The highest BCUT2D eigenvalue weighted by Gasteiger charge is 2.23. The van der Waals surface area contributed by atoms with Gasteiger partial charge in [-0.2, -0.15) is 5.10 Å². The average molecular weight is 442 g/mol. The molecule has 8 heteroatoms. The van der Waals surface area contributed by atoms with Crippen molar-refractivity contribution in [3.8, 4) is 17.0 Å². The summed E-state index contributed by atoms with van der Waals surface area (Å²) in [6.07, 6.45) is 2.79. The summed E-state index contributed by atoms with van der Waals surface area (Å²) in [5.41, 5.74) is 1.53. The van der Waals surface area contributed by atoms with Crippen LogP contribution < -0.4 is 10.3 Å². The molecule has 1 saturated heterocycles. The number of benzene rings is 1. The number of esters is 1. The van der Waals surface area contributed by atoms with Gasteiger partial charge >= 0.3 is 5.97 Å². The van der Waals surface area contributed by atoms with Gasteiger partial charge in [-0.05, 0) is 62.4 Å². The van der Waals surface area contributed by atoms with Gasteiger partial charge in [0.05, 0.1) is 19.4 Å². The van der Waals surface area contributed by atoms with Crippen LogP contribution in [0.3, 0.4) is 0 Å². The smallest absolute Gasteiger partial charge is 0.305 e. The highest BCUT2D eigenvalue weighted by Crippen LogP contribution is 2.22. The lowest BCUT2D eigenvalue weighted by molar-refractivity contribution is -0.143. The summed E-state index contributed by atoms with van der Waals surface area (Å²) < 4.78 is 11.6. The number of hydrogen-bond donors (Lipinski definition) is 0. The lowest BCUT2D eigenvalue weighted by Crippen LogP contribution is -2.40. The molecular formula is C24H31N3O5. The lowest BCUT2D eigenvalue weighted by atomic mass is 9.96. The maximum atomic E-state index is 12.4. The van der Waals surface area contributed by atoms with Crippen molar-refractivity contribution in [3.05, 3.63) is 46.8 Å². The van der Waals surface area contributed by atoms with Crippen molar-refractivity contribution in [2.45, 2.75) is 45.6 Å². The van der Waals surface area contributed by atoms with Crippen LogP contribution in [0.5, 0.6) is 5.75 Å². The Bertz CT molecular complexity index is 962. The molecule has 0 atom stereocenters. The van der Waals surface area contributed by atoms with Gasteiger partial charge in [-0.15, -0.1) is 0 Å². The van der Waals surface area contributed by atoms with Crippen LogP contribution in [0, 0.1) is 5.92 Å². The maximum Gasteiger partial charge on any atom is 0.305 e. The largest absolute Gasteiger partial charge is 0.497 e. The summed E-state index contributed by atoms with van der Waals surface area (Å²) >= 11 is 0. The molecule has 8 nitrogen and oxygen atoms in total. The molecule has 1 amide bonds. The van der Waals surface area contributed by atoms with E-state index in [9.17, 15) is 14.4 Å². The molecule has 0 spiro atoms. The van der Waals surface area contributed by atoms with Gasteiger partial charge in [-0.1, -0.05) is 0 Å². The topological polar surface area (TPSA) is 90.7 Å². The summed E-state index contributed by atoms with van der Waals surface area (Å²) in [5, 5.41) is 4.56. The van der Waals surface area contributed by atoms with Crippen molar-refractivity contribution in [2.75, 3.05) is 26.8 Å². The van der Waals surface area contributed by atoms with Crippen LogP contribution in [0.2, 0.25) is 0 Å². The van der Waals surface area contributed by atoms with E-state index in [1.165, 1.54) is 4.68 Å². The number of likely N-dealkylation sites (tertiary alicyclic amines) is 1. The van der Waals surface area contributed by atoms with Crippen molar-refractivity contribution >= 4 is 11.9 Å². The molecular weight excluding hydrogens is 410 g/mol. The first-order chi connectivity index (χ1) is 15.5. The molecule has 2 aromatic rings. The monoisotopic (exact) mass is 441 g/mol. The molecule has 0 saturated carbocycles. The van der Waals surface area contributed by atoms with E-state index in [-0.39, 0.29) is 29.8 Å². The molecule has 1 aromatic carbocycles. The van der Waals surface area contributed by atoms with Crippen LogP contribution in [-0.4, -0.2) is 53.4 Å². The van der Waals surface area contributed by atoms with Gasteiger partial charge < -0.3 is 14.4 Å². The summed E-state index contributed by atoms with van der Waals surface area (Å²) in [6, 6.07) is 10.9. The third-order valence-corrected chi connectivity index (χ3v) is 5.73. The third-order valence-electron chi connectivity index (χ3n) is 5.73. The summed E-state index contributed by atoms with van der Waals surface area (Å²) in [6.45, 7) is 3.99. The Kier molecular flexibility index (Phi) is 8.41. The highest BCUT2D eigenvalue weighted by molar-refractivity contribution is 5.77. The van der Waals surface area contributed by atoms with E-state index in [1.54, 1.807) is 26.2 Å². The second-order valence-corrected chi connectivity index (χ2v) is 7.95. The predicted molar refractivity (Wildman–Crippen MR) is 120 cm³/mol. The summed E-state index contributed by atoms with van der Waals surface area (Å²) in [4.78, 5) is 38.0. The number of piperidine rings is 1. The molecule has 0 aliphatic carbocycles. The zero-order chi connectivity index (χ0) is 22.9. The van der Waals surface area contributed by atoms with E-state index >= 15 is 0 Å². The van der Waals surface area contributed by atoms with Crippen molar-refractivity contribution in [2.24, 2.45) is 5.92 Å². The van der Waals surface area contributed by atoms with E-state index in [2.05, 4.69) is 5.10 Å². The van der Waals surface area contributed by atoms with Gasteiger partial charge in [0.2, 0.25) is 5.91 Å². The van der Waals surface area contributed by atoms with Gasteiger partial charge in [-0.25, -0.2) is 4.68 Å². The van der Waals surface area contributed by atoms with Crippen LogP contribution in [0.15, 0.2) is 41.2 Å². The molecule has 32 heavy (non-hydrogen) atoms. The van der Waals surface area contributed by atoms with Gasteiger partial charge in [0, 0.05) is 44.1 Å². The van der Waals surface area contributed by atoms with Crippen molar-refractivity contribution in [1.29, 1.82) is 0 Å². The Labute approximate surface area is 188 Å². The van der Waals surface area contributed by atoms with E-state index in [1.807, 2.05) is 29.2 Å². The van der Waals surface area contributed by atoms with E-state index in [0.717, 1.165) is 29.8 Å². The zero-order valence-electron chi connectivity index (χ0n) is 18.8. The lowest BCUT2D eigenvalue weighted by Gasteiger charge is -2.32. The normalized spacial score (nSPS) is 14.2.